The fraction of sp³-hybridized carbons (Fsp3) is 0.125. The molecule has 0 fully saturated rings. The highest BCUT2D eigenvalue weighted by Crippen LogP contribution is 2.18. The first-order valence-electron chi connectivity index (χ1n) is 3.55. The highest BCUT2D eigenvalue weighted by atomic mass is 32.1. The molecule has 1 rings (SSSR count). The first kappa shape index (κ1) is 9.64. The minimum Gasteiger partial charge on any atom is -0.298 e. The average Bonchev–Trinajstić information content (AvgIpc) is 2.17. The monoisotopic (exact) mass is 193 g/mol. The second-order valence-corrected chi connectivity index (χ2v) is 2.71. The number of hydrogen-bond acceptors (Lipinski definition) is 3. The summed E-state index contributed by atoms with van der Waals surface area (Å²) in [7, 11) is 0. The Morgan fingerprint density at radius 1 is 1.54 bits per heavy atom. The number of carbonyl (C=O) groups excluding carboxylic acids is 1. The van der Waals surface area contributed by atoms with E-state index in [1.807, 2.05) is 0 Å². The summed E-state index contributed by atoms with van der Waals surface area (Å²) in [6, 6.07) is 4.93. The number of benzene rings is 1. The van der Waals surface area contributed by atoms with Gasteiger partial charge in [0.05, 0.1) is 0 Å². The number of rotatable bonds is 3. The maximum atomic E-state index is 10.5. The van der Waals surface area contributed by atoms with Crippen molar-refractivity contribution >= 4 is 24.6 Å². The van der Waals surface area contributed by atoms with Gasteiger partial charge in [0, 0.05) is 21.9 Å². The second kappa shape index (κ2) is 4.54. The smallest absolute Gasteiger partial charge is 0.150 e. The van der Waals surface area contributed by atoms with Gasteiger partial charge in [0.25, 0.3) is 0 Å². The van der Waals surface area contributed by atoms with Crippen LogP contribution in [0.1, 0.15) is 15.9 Å². The second-order valence-electron chi connectivity index (χ2n) is 2.40. The molecule has 0 radical (unpaired) electrons. The number of thiol groups is 1. The van der Waals surface area contributed by atoms with E-state index < -0.39 is 0 Å². The van der Waals surface area contributed by atoms with Crippen molar-refractivity contribution in [3.63, 3.8) is 0 Å². The van der Waals surface area contributed by atoms with Gasteiger partial charge >= 0.3 is 0 Å². The normalized spacial score (nSPS) is 9.00. The third-order valence-corrected chi connectivity index (χ3v) is 1.84. The van der Waals surface area contributed by atoms with Gasteiger partial charge in [-0.1, -0.05) is 5.11 Å². The van der Waals surface area contributed by atoms with Crippen LogP contribution < -0.4 is 0 Å². The van der Waals surface area contributed by atoms with Crippen LogP contribution in [-0.2, 0) is 5.75 Å². The zero-order valence-electron chi connectivity index (χ0n) is 6.71. The summed E-state index contributed by atoms with van der Waals surface area (Å²) in [4.78, 5) is 13.1. The van der Waals surface area contributed by atoms with Gasteiger partial charge in [-0.3, -0.25) is 4.79 Å². The van der Waals surface area contributed by atoms with Crippen molar-refractivity contribution in [1.82, 2.24) is 0 Å². The third kappa shape index (κ3) is 2.50. The molecule has 0 unspecified atom stereocenters. The fourth-order valence-electron chi connectivity index (χ4n) is 0.968. The zero-order chi connectivity index (χ0) is 9.68. The van der Waals surface area contributed by atoms with E-state index in [9.17, 15) is 4.79 Å². The molecule has 0 spiro atoms. The molecule has 5 heteroatoms. The predicted octanol–water partition coefficient (Wildman–Crippen LogP) is 2.87. The van der Waals surface area contributed by atoms with Gasteiger partial charge in [0.15, 0.2) is 0 Å². The van der Waals surface area contributed by atoms with Gasteiger partial charge in [0.2, 0.25) is 0 Å². The topological polar surface area (TPSA) is 65.8 Å². The summed E-state index contributed by atoms with van der Waals surface area (Å²) in [6.07, 6.45) is 0.712. The lowest BCUT2D eigenvalue weighted by molar-refractivity contribution is 0.112. The van der Waals surface area contributed by atoms with Gasteiger partial charge in [-0.25, -0.2) is 0 Å². The number of nitrogens with zero attached hydrogens (tertiary/aromatic N) is 3. The first-order chi connectivity index (χ1) is 6.30. The Kier molecular flexibility index (Phi) is 3.37. The van der Waals surface area contributed by atoms with Crippen LogP contribution in [0.2, 0.25) is 0 Å². The van der Waals surface area contributed by atoms with Crippen molar-refractivity contribution < 1.29 is 4.79 Å². The number of hydrogen-bond donors (Lipinski definition) is 1. The summed E-state index contributed by atoms with van der Waals surface area (Å²) in [5.74, 6) is 0.510. The number of azide groups is 1. The molecule has 0 atom stereocenters. The van der Waals surface area contributed by atoms with E-state index in [0.29, 0.717) is 23.3 Å². The summed E-state index contributed by atoms with van der Waals surface area (Å²) >= 11 is 4.06. The molecule has 13 heavy (non-hydrogen) atoms. The highest BCUT2D eigenvalue weighted by Gasteiger charge is 1.97. The molecule has 0 aliphatic rings. The van der Waals surface area contributed by atoms with Crippen LogP contribution in [0.3, 0.4) is 0 Å². The lowest BCUT2D eigenvalue weighted by atomic mass is 10.1. The van der Waals surface area contributed by atoms with E-state index in [-0.39, 0.29) is 0 Å². The Bertz CT molecular complexity index is 372. The van der Waals surface area contributed by atoms with E-state index in [0.717, 1.165) is 5.56 Å². The van der Waals surface area contributed by atoms with E-state index in [2.05, 4.69) is 22.7 Å². The van der Waals surface area contributed by atoms with Crippen LogP contribution in [0.15, 0.2) is 23.3 Å². The van der Waals surface area contributed by atoms with Crippen molar-refractivity contribution in [2.45, 2.75) is 5.75 Å². The minimum absolute atomic E-state index is 0.441. The molecule has 0 saturated heterocycles. The van der Waals surface area contributed by atoms with E-state index in [1.165, 1.54) is 6.07 Å². The quantitative estimate of drug-likeness (QED) is 0.259. The first-order valence-corrected chi connectivity index (χ1v) is 4.18. The van der Waals surface area contributed by atoms with E-state index >= 15 is 0 Å². The molecule has 0 N–H and O–H groups in total. The Hall–Kier alpha value is -1.45. The largest absolute Gasteiger partial charge is 0.298 e. The summed E-state index contributed by atoms with van der Waals surface area (Å²) in [6.45, 7) is 0. The molecular formula is C8H7N3OS. The highest BCUT2D eigenvalue weighted by molar-refractivity contribution is 7.79. The molecule has 0 bridgehead atoms. The molecule has 0 aliphatic heterocycles. The van der Waals surface area contributed by atoms with Crippen molar-refractivity contribution in [3.8, 4) is 0 Å². The summed E-state index contributed by atoms with van der Waals surface area (Å²) in [5.41, 5.74) is 9.99. The molecule has 0 heterocycles. The molecule has 0 saturated carbocycles. The van der Waals surface area contributed by atoms with Crippen molar-refractivity contribution in [1.29, 1.82) is 0 Å². The number of carbonyl (C=O) groups is 1. The van der Waals surface area contributed by atoms with Crippen LogP contribution >= 0.6 is 12.6 Å². The van der Waals surface area contributed by atoms with Crippen molar-refractivity contribution in [2.24, 2.45) is 5.11 Å². The Labute approximate surface area is 80.6 Å². The van der Waals surface area contributed by atoms with Crippen LogP contribution in [-0.4, -0.2) is 6.29 Å². The van der Waals surface area contributed by atoms with Crippen LogP contribution in [0.5, 0.6) is 0 Å². The van der Waals surface area contributed by atoms with Crippen LogP contribution in [0.4, 0.5) is 5.69 Å². The maximum Gasteiger partial charge on any atom is 0.150 e. The zero-order valence-corrected chi connectivity index (χ0v) is 7.61. The molecule has 0 aliphatic carbocycles. The van der Waals surface area contributed by atoms with Gasteiger partial charge in [0.1, 0.15) is 6.29 Å². The molecule has 0 amide bonds. The number of aldehydes is 1. The molecular weight excluding hydrogens is 186 g/mol. The molecule has 1 aromatic carbocycles. The van der Waals surface area contributed by atoms with Crippen LogP contribution in [0.25, 0.3) is 10.4 Å². The Morgan fingerprint density at radius 2 is 2.31 bits per heavy atom. The average molecular weight is 193 g/mol. The van der Waals surface area contributed by atoms with Gasteiger partial charge in [-0.15, -0.1) is 0 Å². The third-order valence-electron chi connectivity index (χ3n) is 1.48. The summed E-state index contributed by atoms with van der Waals surface area (Å²) < 4.78 is 0. The molecule has 1 aromatic rings. The summed E-state index contributed by atoms with van der Waals surface area (Å²) in [5, 5.41) is 3.41. The fourth-order valence-corrected chi connectivity index (χ4v) is 1.15. The van der Waals surface area contributed by atoms with Gasteiger partial charge in [-0.2, -0.15) is 12.6 Å². The molecule has 0 aromatic heterocycles. The van der Waals surface area contributed by atoms with Gasteiger partial charge < -0.3 is 0 Å². The SMILES string of the molecule is [N-]=[N+]=Nc1cc(C=O)cc(CS)c1. The van der Waals surface area contributed by atoms with Crippen LogP contribution in [0, 0.1) is 0 Å². The van der Waals surface area contributed by atoms with Crippen molar-refractivity contribution in [3.05, 3.63) is 39.8 Å². The maximum absolute atomic E-state index is 10.5. The minimum atomic E-state index is 0.441. The molecule has 4 nitrogen and oxygen atoms in total. The van der Waals surface area contributed by atoms with Gasteiger partial charge in [-0.05, 0) is 29.3 Å². The lowest BCUT2D eigenvalue weighted by Crippen LogP contribution is -1.83. The lowest BCUT2D eigenvalue weighted by Gasteiger charge is -1.99. The standard InChI is InChI=1S/C8H7N3OS/c9-11-10-8-2-6(4-12)1-7(3-8)5-13/h1-4,13H,5H2. The van der Waals surface area contributed by atoms with Crippen molar-refractivity contribution in [2.75, 3.05) is 0 Å². The Morgan fingerprint density at radius 3 is 2.85 bits per heavy atom. The molecule has 66 valence electrons. The van der Waals surface area contributed by atoms with E-state index in [4.69, 9.17) is 5.53 Å². The Balaban J connectivity index is 3.21. The predicted molar refractivity (Wildman–Crippen MR) is 53.3 cm³/mol. The van der Waals surface area contributed by atoms with E-state index in [1.54, 1.807) is 12.1 Å².